The first kappa shape index (κ1) is 14.8. The first-order valence-electron chi connectivity index (χ1n) is 7.44. The molecule has 3 heterocycles. The van der Waals surface area contributed by atoms with Crippen LogP contribution in [-0.2, 0) is 4.79 Å². The third-order valence-electron chi connectivity index (χ3n) is 4.11. The summed E-state index contributed by atoms with van der Waals surface area (Å²) in [5, 5.41) is 12.8. The van der Waals surface area contributed by atoms with Gasteiger partial charge in [-0.2, -0.15) is 0 Å². The molecular formula is C15H20N4O3. The molecule has 1 unspecified atom stereocenters. The number of piperazine rings is 1. The maximum Gasteiger partial charge on any atom is 0.272 e. The molecule has 0 aromatic carbocycles. The minimum atomic E-state index is -0.821. The van der Waals surface area contributed by atoms with Crippen molar-refractivity contribution in [2.45, 2.75) is 18.9 Å². The summed E-state index contributed by atoms with van der Waals surface area (Å²) in [6.07, 6.45) is 2.16. The van der Waals surface area contributed by atoms with Crippen LogP contribution in [0.25, 0.3) is 0 Å². The monoisotopic (exact) mass is 304 g/mol. The third-order valence-corrected chi connectivity index (χ3v) is 4.11. The van der Waals surface area contributed by atoms with E-state index in [-0.39, 0.29) is 18.4 Å². The van der Waals surface area contributed by atoms with Gasteiger partial charge in [-0.3, -0.25) is 14.6 Å². The largest absolute Gasteiger partial charge is 0.388 e. The molecule has 2 N–H and O–H groups in total. The number of pyridine rings is 1. The Morgan fingerprint density at radius 1 is 1.45 bits per heavy atom. The molecule has 2 amide bonds. The molecule has 1 aromatic rings. The van der Waals surface area contributed by atoms with Crippen molar-refractivity contribution in [3.63, 3.8) is 0 Å². The van der Waals surface area contributed by atoms with Crippen LogP contribution in [0.1, 0.15) is 23.8 Å². The standard InChI is InChI=1S/C15H20N4O3/c1-15(22)3-6-19(10-15)14(21)12-8-11(2-4-16-12)18-7-5-17-13(20)9-18/h2,4,8,22H,3,5-7,9-10H2,1H3,(H,17,20). The summed E-state index contributed by atoms with van der Waals surface area (Å²) in [6.45, 7) is 4.18. The molecule has 1 atom stereocenters. The van der Waals surface area contributed by atoms with E-state index in [9.17, 15) is 14.7 Å². The average molecular weight is 304 g/mol. The molecule has 1 aromatic heterocycles. The van der Waals surface area contributed by atoms with Gasteiger partial charge in [-0.05, 0) is 25.5 Å². The van der Waals surface area contributed by atoms with Crippen molar-refractivity contribution < 1.29 is 14.7 Å². The normalized spacial score (nSPS) is 25.3. The number of nitrogens with zero attached hydrogens (tertiary/aromatic N) is 3. The summed E-state index contributed by atoms with van der Waals surface area (Å²) in [6, 6.07) is 3.52. The number of amides is 2. The van der Waals surface area contributed by atoms with Crippen molar-refractivity contribution in [2.75, 3.05) is 37.6 Å². The molecule has 7 nitrogen and oxygen atoms in total. The number of β-amino-alcohol motifs (C(OH)–C–C–N with tert-alkyl or cyclic N) is 1. The number of hydrogen-bond donors (Lipinski definition) is 2. The highest BCUT2D eigenvalue weighted by molar-refractivity contribution is 5.93. The van der Waals surface area contributed by atoms with Crippen LogP contribution in [0.15, 0.2) is 18.3 Å². The van der Waals surface area contributed by atoms with E-state index in [2.05, 4.69) is 10.3 Å². The molecule has 0 spiro atoms. The van der Waals surface area contributed by atoms with E-state index in [1.807, 2.05) is 4.90 Å². The smallest absolute Gasteiger partial charge is 0.272 e. The summed E-state index contributed by atoms with van der Waals surface area (Å²) in [5.74, 6) is -0.201. The van der Waals surface area contributed by atoms with Gasteiger partial charge in [0.05, 0.1) is 12.1 Å². The van der Waals surface area contributed by atoms with Gasteiger partial charge in [-0.1, -0.05) is 0 Å². The number of carbonyl (C=O) groups excluding carboxylic acids is 2. The van der Waals surface area contributed by atoms with Crippen LogP contribution < -0.4 is 10.2 Å². The Kier molecular flexibility index (Phi) is 3.74. The zero-order valence-electron chi connectivity index (χ0n) is 12.6. The lowest BCUT2D eigenvalue weighted by Gasteiger charge is -2.28. The van der Waals surface area contributed by atoms with Gasteiger partial charge >= 0.3 is 0 Å². The Bertz CT molecular complexity index is 602. The van der Waals surface area contributed by atoms with E-state index in [0.717, 1.165) is 5.69 Å². The van der Waals surface area contributed by atoms with Crippen LogP contribution in [0, 0.1) is 0 Å². The minimum Gasteiger partial charge on any atom is -0.388 e. The molecule has 0 aliphatic carbocycles. The summed E-state index contributed by atoms with van der Waals surface area (Å²) < 4.78 is 0. The van der Waals surface area contributed by atoms with Gasteiger partial charge in [-0.15, -0.1) is 0 Å². The second-order valence-electron chi connectivity index (χ2n) is 6.14. The second-order valence-corrected chi connectivity index (χ2v) is 6.14. The van der Waals surface area contributed by atoms with Crippen LogP contribution >= 0.6 is 0 Å². The third kappa shape index (κ3) is 3.04. The zero-order valence-corrected chi connectivity index (χ0v) is 12.6. The average Bonchev–Trinajstić information content (AvgIpc) is 2.87. The lowest BCUT2D eigenvalue weighted by atomic mass is 10.1. The van der Waals surface area contributed by atoms with Gasteiger partial charge in [0.15, 0.2) is 0 Å². The maximum atomic E-state index is 12.5. The van der Waals surface area contributed by atoms with E-state index in [1.165, 1.54) is 0 Å². The topological polar surface area (TPSA) is 85.8 Å². The van der Waals surface area contributed by atoms with Crippen LogP contribution in [0.3, 0.4) is 0 Å². The van der Waals surface area contributed by atoms with Gasteiger partial charge in [0.1, 0.15) is 5.69 Å². The van der Waals surface area contributed by atoms with E-state index in [1.54, 1.807) is 30.2 Å². The molecule has 2 saturated heterocycles. The number of likely N-dealkylation sites (tertiary alicyclic amines) is 1. The molecule has 2 aliphatic rings. The zero-order chi connectivity index (χ0) is 15.7. The molecule has 2 fully saturated rings. The number of aromatic nitrogens is 1. The van der Waals surface area contributed by atoms with E-state index >= 15 is 0 Å². The number of carbonyl (C=O) groups is 2. The van der Waals surface area contributed by atoms with Gasteiger partial charge < -0.3 is 20.2 Å². The lowest BCUT2D eigenvalue weighted by Crippen LogP contribution is -2.47. The SMILES string of the molecule is CC1(O)CCN(C(=O)c2cc(N3CCNC(=O)C3)ccn2)C1. The van der Waals surface area contributed by atoms with Crippen molar-refractivity contribution in [3.05, 3.63) is 24.0 Å². The quantitative estimate of drug-likeness (QED) is 0.777. The van der Waals surface area contributed by atoms with Crippen molar-refractivity contribution in [2.24, 2.45) is 0 Å². The van der Waals surface area contributed by atoms with Crippen molar-refractivity contribution >= 4 is 17.5 Å². The van der Waals surface area contributed by atoms with Gasteiger partial charge in [-0.25, -0.2) is 0 Å². The number of nitrogens with one attached hydrogen (secondary N) is 1. The van der Waals surface area contributed by atoms with Crippen molar-refractivity contribution in [1.29, 1.82) is 0 Å². The van der Waals surface area contributed by atoms with Crippen LogP contribution in [0.4, 0.5) is 5.69 Å². The Hall–Kier alpha value is -2.15. The predicted octanol–water partition coefficient (Wildman–Crippen LogP) is -0.385. The highest BCUT2D eigenvalue weighted by atomic mass is 16.3. The van der Waals surface area contributed by atoms with E-state index < -0.39 is 5.60 Å². The number of rotatable bonds is 2. The first-order chi connectivity index (χ1) is 10.4. The fraction of sp³-hybridized carbons (Fsp3) is 0.533. The molecule has 0 bridgehead atoms. The fourth-order valence-electron chi connectivity index (χ4n) is 2.87. The highest BCUT2D eigenvalue weighted by Gasteiger charge is 2.34. The van der Waals surface area contributed by atoms with Crippen molar-refractivity contribution in [1.82, 2.24) is 15.2 Å². The molecular weight excluding hydrogens is 284 g/mol. The highest BCUT2D eigenvalue weighted by Crippen LogP contribution is 2.23. The number of anilines is 1. The summed E-state index contributed by atoms with van der Waals surface area (Å²) in [5.41, 5.74) is 0.346. The number of aliphatic hydroxyl groups is 1. The van der Waals surface area contributed by atoms with Gasteiger partial charge in [0, 0.05) is 38.1 Å². The molecule has 118 valence electrons. The fourth-order valence-corrected chi connectivity index (χ4v) is 2.87. The van der Waals surface area contributed by atoms with E-state index in [4.69, 9.17) is 0 Å². The Labute approximate surface area is 128 Å². The molecule has 0 saturated carbocycles. The Morgan fingerprint density at radius 2 is 2.27 bits per heavy atom. The molecule has 22 heavy (non-hydrogen) atoms. The molecule has 0 radical (unpaired) electrons. The van der Waals surface area contributed by atoms with Crippen molar-refractivity contribution in [3.8, 4) is 0 Å². The summed E-state index contributed by atoms with van der Waals surface area (Å²) in [7, 11) is 0. The van der Waals surface area contributed by atoms with Gasteiger partial charge in [0.2, 0.25) is 5.91 Å². The first-order valence-corrected chi connectivity index (χ1v) is 7.44. The van der Waals surface area contributed by atoms with E-state index in [0.29, 0.717) is 38.3 Å². The van der Waals surface area contributed by atoms with Crippen LogP contribution in [-0.4, -0.2) is 65.1 Å². The lowest BCUT2D eigenvalue weighted by molar-refractivity contribution is -0.120. The Balaban J connectivity index is 1.76. The number of hydrogen-bond acceptors (Lipinski definition) is 5. The minimum absolute atomic E-state index is 0.0217. The molecule has 7 heteroatoms. The second kappa shape index (κ2) is 5.57. The van der Waals surface area contributed by atoms with Crippen LogP contribution in [0.5, 0.6) is 0 Å². The molecule has 3 rings (SSSR count). The summed E-state index contributed by atoms with van der Waals surface area (Å²) >= 11 is 0. The molecule has 2 aliphatic heterocycles. The Morgan fingerprint density at radius 3 is 2.95 bits per heavy atom. The summed E-state index contributed by atoms with van der Waals surface area (Å²) in [4.78, 5) is 31.7. The van der Waals surface area contributed by atoms with Crippen LogP contribution in [0.2, 0.25) is 0 Å². The predicted molar refractivity (Wildman–Crippen MR) is 80.6 cm³/mol. The maximum absolute atomic E-state index is 12.5. The van der Waals surface area contributed by atoms with Gasteiger partial charge in [0.25, 0.3) is 5.91 Å².